The fourth-order valence-corrected chi connectivity index (χ4v) is 4.19. The number of fused-ring (bicyclic) bond motifs is 1. The molecule has 0 radical (unpaired) electrons. The van der Waals surface area contributed by atoms with Crippen molar-refractivity contribution in [1.82, 2.24) is 0 Å². The number of hydrogen-bond acceptors (Lipinski definition) is 2. The van der Waals surface area contributed by atoms with Crippen LogP contribution < -0.4 is 14.8 Å². The SMILES string of the molecule is CC[NH+]=C1C=CC(=C(c2ccc(N(C)C)cc2)c2ccc(N(C)C)cc2)c2ccccc21. The van der Waals surface area contributed by atoms with Crippen molar-refractivity contribution in [2.45, 2.75) is 6.92 Å². The largest absolute Gasteiger partial charge is 0.378 e. The Balaban J connectivity index is 1.96. The summed E-state index contributed by atoms with van der Waals surface area (Å²) in [6.45, 7) is 3.04. The van der Waals surface area contributed by atoms with Crippen LogP contribution in [-0.4, -0.2) is 40.4 Å². The van der Waals surface area contributed by atoms with Gasteiger partial charge >= 0.3 is 0 Å². The first kappa shape index (κ1) is 21.6. The molecule has 0 unspecified atom stereocenters. The van der Waals surface area contributed by atoms with Crippen LogP contribution in [0.4, 0.5) is 11.4 Å². The van der Waals surface area contributed by atoms with E-state index in [0.29, 0.717) is 0 Å². The number of anilines is 2. The van der Waals surface area contributed by atoms with E-state index in [9.17, 15) is 0 Å². The van der Waals surface area contributed by atoms with Gasteiger partial charge in [-0.2, -0.15) is 0 Å². The van der Waals surface area contributed by atoms with Gasteiger partial charge in [-0.3, -0.25) is 0 Å². The van der Waals surface area contributed by atoms with Crippen molar-refractivity contribution in [1.29, 1.82) is 0 Å². The van der Waals surface area contributed by atoms with Crippen molar-refractivity contribution in [2.24, 2.45) is 0 Å². The van der Waals surface area contributed by atoms with Crippen LogP contribution in [0.15, 0.2) is 84.9 Å². The maximum absolute atomic E-state index is 3.52. The van der Waals surface area contributed by atoms with Crippen LogP contribution in [0, 0.1) is 0 Å². The van der Waals surface area contributed by atoms with Crippen LogP contribution in [0.25, 0.3) is 11.1 Å². The fraction of sp³-hybridized carbons (Fsp3) is 0.207. The zero-order chi connectivity index (χ0) is 22.7. The minimum absolute atomic E-state index is 0.901. The molecule has 0 amide bonds. The molecular weight excluding hydrogens is 390 g/mol. The van der Waals surface area contributed by atoms with Gasteiger partial charge in [0.05, 0.1) is 5.56 Å². The molecule has 162 valence electrons. The molecule has 3 nitrogen and oxygen atoms in total. The molecule has 0 aromatic heterocycles. The topological polar surface area (TPSA) is 20.5 Å². The van der Waals surface area contributed by atoms with Gasteiger partial charge in [-0.1, -0.05) is 42.5 Å². The van der Waals surface area contributed by atoms with E-state index in [0.717, 1.165) is 6.54 Å². The van der Waals surface area contributed by atoms with Crippen LogP contribution >= 0.6 is 0 Å². The van der Waals surface area contributed by atoms with E-state index in [-0.39, 0.29) is 0 Å². The molecule has 3 aromatic carbocycles. The Morgan fingerprint density at radius 1 is 0.656 bits per heavy atom. The van der Waals surface area contributed by atoms with Crippen LogP contribution in [0.5, 0.6) is 0 Å². The van der Waals surface area contributed by atoms with E-state index in [1.54, 1.807) is 0 Å². The first-order valence-corrected chi connectivity index (χ1v) is 11.2. The third kappa shape index (κ3) is 4.24. The zero-order valence-electron chi connectivity index (χ0n) is 19.7. The Hall–Kier alpha value is -3.59. The predicted molar refractivity (Wildman–Crippen MR) is 139 cm³/mol. The fourth-order valence-electron chi connectivity index (χ4n) is 4.19. The molecule has 0 aliphatic heterocycles. The number of rotatable bonds is 5. The van der Waals surface area contributed by atoms with Gasteiger partial charge < -0.3 is 9.80 Å². The van der Waals surface area contributed by atoms with Gasteiger partial charge in [0.15, 0.2) is 0 Å². The standard InChI is InChI=1S/C29H31N3/c1-6-30-28-20-19-27(25-9-7-8-10-26(25)28)29(21-11-15-23(16-12-21)31(2)3)22-13-17-24(18-14-22)32(4)5/h7-20H,6H2,1-5H3/p+1. The lowest BCUT2D eigenvalue weighted by molar-refractivity contribution is -0.450. The summed E-state index contributed by atoms with van der Waals surface area (Å²) in [5.74, 6) is 0. The molecule has 0 bridgehead atoms. The molecule has 3 heteroatoms. The number of nitrogens with zero attached hydrogens (tertiary/aromatic N) is 2. The Labute approximate surface area is 192 Å². The Morgan fingerprint density at radius 2 is 1.16 bits per heavy atom. The van der Waals surface area contributed by atoms with E-state index in [4.69, 9.17) is 0 Å². The van der Waals surface area contributed by atoms with Gasteiger partial charge in [0.25, 0.3) is 0 Å². The van der Waals surface area contributed by atoms with Crippen molar-refractivity contribution in [2.75, 3.05) is 44.5 Å². The van der Waals surface area contributed by atoms with E-state index >= 15 is 0 Å². The van der Waals surface area contributed by atoms with Gasteiger partial charge in [-0.05, 0) is 71.2 Å². The summed E-state index contributed by atoms with van der Waals surface area (Å²) >= 11 is 0. The predicted octanol–water partition coefficient (Wildman–Crippen LogP) is 4.24. The van der Waals surface area contributed by atoms with Crippen molar-refractivity contribution >= 4 is 28.2 Å². The Bertz CT molecular complexity index is 1120. The monoisotopic (exact) mass is 422 g/mol. The first-order valence-electron chi connectivity index (χ1n) is 11.2. The molecular formula is C29H32N3+. The van der Waals surface area contributed by atoms with Crippen LogP contribution in [0.1, 0.15) is 29.2 Å². The minimum Gasteiger partial charge on any atom is -0.378 e. The lowest BCUT2D eigenvalue weighted by Crippen LogP contribution is -2.72. The number of hydrogen-bond donors (Lipinski definition) is 1. The molecule has 0 atom stereocenters. The summed E-state index contributed by atoms with van der Waals surface area (Å²) < 4.78 is 0. The third-order valence-corrected chi connectivity index (χ3v) is 5.91. The first-order chi connectivity index (χ1) is 15.5. The van der Waals surface area contributed by atoms with E-state index in [2.05, 4.69) is 135 Å². The number of nitrogens with one attached hydrogen (secondary N) is 1. The zero-order valence-corrected chi connectivity index (χ0v) is 19.7. The summed E-state index contributed by atoms with van der Waals surface area (Å²) in [5.41, 5.74) is 11.0. The molecule has 0 saturated heterocycles. The third-order valence-electron chi connectivity index (χ3n) is 5.91. The van der Waals surface area contributed by atoms with E-state index in [1.165, 1.54) is 50.5 Å². The van der Waals surface area contributed by atoms with Gasteiger partial charge in [0.1, 0.15) is 6.54 Å². The van der Waals surface area contributed by atoms with Crippen molar-refractivity contribution in [3.05, 3.63) is 107 Å². The lowest BCUT2D eigenvalue weighted by atomic mass is 9.83. The Morgan fingerprint density at radius 3 is 1.62 bits per heavy atom. The Kier molecular flexibility index (Phi) is 6.27. The maximum Gasteiger partial charge on any atom is 0.206 e. The summed E-state index contributed by atoms with van der Waals surface area (Å²) in [5, 5.41) is 0. The maximum atomic E-state index is 3.52. The van der Waals surface area contributed by atoms with Crippen LogP contribution in [0.3, 0.4) is 0 Å². The molecule has 1 N–H and O–H groups in total. The number of benzene rings is 3. The number of allylic oxidation sites excluding steroid dienone is 3. The van der Waals surface area contributed by atoms with Gasteiger partial charge in [-0.25, -0.2) is 4.99 Å². The lowest BCUT2D eigenvalue weighted by Gasteiger charge is -2.21. The summed E-state index contributed by atoms with van der Waals surface area (Å²) in [4.78, 5) is 7.79. The summed E-state index contributed by atoms with van der Waals surface area (Å²) in [6, 6.07) is 26.4. The molecule has 0 fully saturated rings. The normalized spacial score (nSPS) is 13.8. The summed E-state index contributed by atoms with van der Waals surface area (Å²) in [7, 11) is 8.30. The van der Waals surface area contributed by atoms with E-state index < -0.39 is 0 Å². The molecule has 3 aromatic rings. The van der Waals surface area contributed by atoms with E-state index in [1.807, 2.05) is 0 Å². The second-order valence-electron chi connectivity index (χ2n) is 8.49. The smallest absolute Gasteiger partial charge is 0.206 e. The molecule has 1 aliphatic carbocycles. The molecule has 32 heavy (non-hydrogen) atoms. The highest BCUT2D eigenvalue weighted by atomic mass is 15.1. The van der Waals surface area contributed by atoms with Crippen LogP contribution in [-0.2, 0) is 0 Å². The molecule has 0 saturated carbocycles. The summed E-state index contributed by atoms with van der Waals surface area (Å²) in [6.07, 6.45) is 4.47. The highest BCUT2D eigenvalue weighted by Crippen LogP contribution is 2.37. The molecule has 1 aliphatic rings. The van der Waals surface area contributed by atoms with Gasteiger partial charge in [0.2, 0.25) is 5.71 Å². The minimum atomic E-state index is 0.901. The average molecular weight is 423 g/mol. The average Bonchev–Trinajstić information content (AvgIpc) is 2.81. The molecule has 0 heterocycles. The molecule has 0 spiro atoms. The molecule has 4 rings (SSSR count). The van der Waals surface area contributed by atoms with Crippen molar-refractivity contribution in [3.8, 4) is 0 Å². The van der Waals surface area contributed by atoms with Crippen LogP contribution in [0.2, 0.25) is 0 Å². The second-order valence-corrected chi connectivity index (χ2v) is 8.49. The van der Waals surface area contributed by atoms with Gasteiger partial charge in [-0.15, -0.1) is 0 Å². The quantitative estimate of drug-likeness (QED) is 0.664. The van der Waals surface area contributed by atoms with Crippen molar-refractivity contribution < 1.29 is 4.99 Å². The highest BCUT2D eigenvalue weighted by molar-refractivity contribution is 6.17. The van der Waals surface area contributed by atoms with Gasteiger partial charge in [0, 0.05) is 45.6 Å². The second kappa shape index (κ2) is 9.27. The van der Waals surface area contributed by atoms with Crippen molar-refractivity contribution in [3.63, 3.8) is 0 Å². The highest BCUT2D eigenvalue weighted by Gasteiger charge is 2.22.